The Morgan fingerprint density at radius 1 is 1.24 bits per heavy atom. The Bertz CT molecular complexity index is 420. The second kappa shape index (κ2) is 4.31. The van der Waals surface area contributed by atoms with Crippen molar-refractivity contribution < 1.29 is 0 Å². The standard InChI is InChI=1S/C16H21Cl/c1-16(11-17,15-7-8-15)10-12-5-6-13-3-2-4-14(13)9-12/h5-6,9,15H,2-4,7-8,10-11H2,1H3. The van der Waals surface area contributed by atoms with Gasteiger partial charge in [-0.3, -0.25) is 0 Å². The van der Waals surface area contributed by atoms with Crippen molar-refractivity contribution in [2.24, 2.45) is 11.3 Å². The normalized spacial score (nSPS) is 22.2. The molecule has 2 aliphatic carbocycles. The average Bonchev–Trinajstić information content (AvgIpc) is 3.09. The molecule has 0 aliphatic heterocycles. The van der Waals surface area contributed by atoms with Crippen molar-refractivity contribution in [1.29, 1.82) is 0 Å². The van der Waals surface area contributed by atoms with Gasteiger partial charge in [-0.15, -0.1) is 11.6 Å². The van der Waals surface area contributed by atoms with Gasteiger partial charge in [0, 0.05) is 5.88 Å². The van der Waals surface area contributed by atoms with Gasteiger partial charge in [0.25, 0.3) is 0 Å². The second-order valence-electron chi connectivity index (χ2n) is 6.20. The first kappa shape index (κ1) is 11.6. The lowest BCUT2D eigenvalue weighted by Crippen LogP contribution is -2.24. The summed E-state index contributed by atoms with van der Waals surface area (Å²) >= 11 is 6.21. The van der Waals surface area contributed by atoms with E-state index in [4.69, 9.17) is 11.6 Å². The molecule has 1 fully saturated rings. The Labute approximate surface area is 109 Å². The number of hydrogen-bond donors (Lipinski definition) is 0. The fourth-order valence-electron chi connectivity index (χ4n) is 3.28. The molecule has 0 saturated heterocycles. The summed E-state index contributed by atoms with van der Waals surface area (Å²) in [7, 11) is 0. The molecule has 1 aromatic carbocycles. The van der Waals surface area contributed by atoms with Crippen LogP contribution in [-0.4, -0.2) is 5.88 Å². The van der Waals surface area contributed by atoms with E-state index >= 15 is 0 Å². The fraction of sp³-hybridized carbons (Fsp3) is 0.625. The van der Waals surface area contributed by atoms with Gasteiger partial charge >= 0.3 is 0 Å². The molecule has 0 bridgehead atoms. The number of fused-ring (bicyclic) bond motifs is 1. The number of alkyl halides is 1. The Balaban J connectivity index is 1.80. The lowest BCUT2D eigenvalue weighted by Gasteiger charge is -2.27. The van der Waals surface area contributed by atoms with Crippen LogP contribution in [0.3, 0.4) is 0 Å². The van der Waals surface area contributed by atoms with Crippen molar-refractivity contribution in [3.05, 3.63) is 34.9 Å². The minimum Gasteiger partial charge on any atom is -0.126 e. The van der Waals surface area contributed by atoms with Crippen LogP contribution in [0, 0.1) is 11.3 Å². The van der Waals surface area contributed by atoms with Crippen LogP contribution >= 0.6 is 11.6 Å². The van der Waals surface area contributed by atoms with E-state index in [0.717, 1.165) is 18.2 Å². The van der Waals surface area contributed by atoms with Gasteiger partial charge in [0.05, 0.1) is 0 Å². The van der Waals surface area contributed by atoms with Crippen LogP contribution in [-0.2, 0) is 19.3 Å². The molecule has 0 heterocycles. The van der Waals surface area contributed by atoms with E-state index in [1.54, 1.807) is 11.1 Å². The molecule has 0 N–H and O–H groups in total. The molecule has 0 amide bonds. The van der Waals surface area contributed by atoms with Gasteiger partial charge in [0.15, 0.2) is 0 Å². The smallest absolute Gasteiger partial charge is 0.0283 e. The topological polar surface area (TPSA) is 0 Å². The van der Waals surface area contributed by atoms with E-state index in [1.807, 2.05) is 0 Å². The summed E-state index contributed by atoms with van der Waals surface area (Å²) in [5.74, 6) is 1.67. The molecule has 2 aliphatic rings. The summed E-state index contributed by atoms with van der Waals surface area (Å²) in [5.41, 5.74) is 5.00. The van der Waals surface area contributed by atoms with Gasteiger partial charge in [-0.2, -0.15) is 0 Å². The first-order valence-electron chi connectivity index (χ1n) is 6.88. The zero-order valence-electron chi connectivity index (χ0n) is 10.6. The van der Waals surface area contributed by atoms with Crippen LogP contribution in [0.5, 0.6) is 0 Å². The molecule has 17 heavy (non-hydrogen) atoms. The van der Waals surface area contributed by atoms with Gasteiger partial charge < -0.3 is 0 Å². The molecule has 1 atom stereocenters. The van der Waals surface area contributed by atoms with Crippen molar-refractivity contribution in [3.8, 4) is 0 Å². The van der Waals surface area contributed by atoms with Crippen LogP contribution in [0.2, 0.25) is 0 Å². The Hall–Kier alpha value is -0.490. The molecule has 0 spiro atoms. The van der Waals surface area contributed by atoms with Gasteiger partial charge in [-0.1, -0.05) is 25.1 Å². The highest BCUT2D eigenvalue weighted by Crippen LogP contribution is 2.48. The van der Waals surface area contributed by atoms with E-state index in [2.05, 4.69) is 25.1 Å². The van der Waals surface area contributed by atoms with Crippen LogP contribution < -0.4 is 0 Å². The third kappa shape index (κ3) is 2.25. The predicted molar refractivity (Wildman–Crippen MR) is 73.7 cm³/mol. The van der Waals surface area contributed by atoms with Crippen molar-refractivity contribution in [2.45, 2.75) is 45.4 Å². The minimum atomic E-state index is 0.328. The first-order chi connectivity index (χ1) is 8.21. The van der Waals surface area contributed by atoms with E-state index < -0.39 is 0 Å². The second-order valence-corrected chi connectivity index (χ2v) is 6.46. The lowest BCUT2D eigenvalue weighted by atomic mass is 9.80. The average molecular weight is 249 g/mol. The zero-order chi connectivity index (χ0) is 11.9. The highest BCUT2D eigenvalue weighted by molar-refractivity contribution is 6.18. The number of benzene rings is 1. The molecule has 1 heteroatoms. The third-order valence-electron chi connectivity index (χ3n) is 4.64. The molecule has 3 rings (SSSR count). The fourth-order valence-corrected chi connectivity index (χ4v) is 3.60. The Morgan fingerprint density at radius 3 is 2.71 bits per heavy atom. The highest BCUT2D eigenvalue weighted by Gasteiger charge is 2.40. The monoisotopic (exact) mass is 248 g/mol. The van der Waals surface area contributed by atoms with Gasteiger partial charge in [-0.25, -0.2) is 0 Å². The molecule has 1 saturated carbocycles. The maximum Gasteiger partial charge on any atom is 0.0283 e. The van der Waals surface area contributed by atoms with Crippen molar-refractivity contribution in [2.75, 3.05) is 5.88 Å². The van der Waals surface area contributed by atoms with E-state index in [0.29, 0.717) is 5.41 Å². The SMILES string of the molecule is CC(CCl)(Cc1ccc2c(c1)CCC2)C1CC1. The molecule has 0 nitrogen and oxygen atoms in total. The quantitative estimate of drug-likeness (QED) is 0.694. The number of aryl methyl sites for hydroxylation is 2. The van der Waals surface area contributed by atoms with Gasteiger partial charge in [0.1, 0.15) is 0 Å². The summed E-state index contributed by atoms with van der Waals surface area (Å²) < 4.78 is 0. The summed E-state index contributed by atoms with van der Waals surface area (Å²) in [6, 6.07) is 7.12. The van der Waals surface area contributed by atoms with Gasteiger partial charge in [-0.05, 0) is 66.5 Å². The summed E-state index contributed by atoms with van der Waals surface area (Å²) in [6.07, 6.45) is 7.83. The molecule has 0 aromatic heterocycles. The maximum atomic E-state index is 6.21. The number of halogens is 1. The lowest BCUT2D eigenvalue weighted by molar-refractivity contribution is 0.313. The summed E-state index contributed by atoms with van der Waals surface area (Å²) in [5, 5.41) is 0. The van der Waals surface area contributed by atoms with E-state index in [-0.39, 0.29) is 0 Å². The third-order valence-corrected chi connectivity index (χ3v) is 5.25. The van der Waals surface area contributed by atoms with Gasteiger partial charge in [0.2, 0.25) is 0 Å². The Kier molecular flexibility index (Phi) is 2.94. The van der Waals surface area contributed by atoms with Crippen LogP contribution in [0.25, 0.3) is 0 Å². The van der Waals surface area contributed by atoms with Crippen LogP contribution in [0.1, 0.15) is 42.9 Å². The summed E-state index contributed by atoms with van der Waals surface area (Å²) in [6.45, 7) is 2.37. The molecule has 1 unspecified atom stereocenters. The Morgan fingerprint density at radius 2 is 2.00 bits per heavy atom. The van der Waals surface area contributed by atoms with Crippen molar-refractivity contribution >= 4 is 11.6 Å². The maximum absolute atomic E-state index is 6.21. The van der Waals surface area contributed by atoms with E-state index in [9.17, 15) is 0 Å². The molecule has 0 radical (unpaired) electrons. The number of hydrogen-bond acceptors (Lipinski definition) is 0. The van der Waals surface area contributed by atoms with E-state index in [1.165, 1.54) is 37.7 Å². The molecule has 92 valence electrons. The number of rotatable bonds is 4. The minimum absolute atomic E-state index is 0.328. The van der Waals surface area contributed by atoms with Crippen LogP contribution in [0.4, 0.5) is 0 Å². The van der Waals surface area contributed by atoms with Crippen LogP contribution in [0.15, 0.2) is 18.2 Å². The first-order valence-corrected chi connectivity index (χ1v) is 7.41. The molecular formula is C16H21Cl. The predicted octanol–water partition coefficient (Wildman–Crippen LogP) is 4.37. The van der Waals surface area contributed by atoms with Crippen molar-refractivity contribution in [1.82, 2.24) is 0 Å². The summed E-state index contributed by atoms with van der Waals surface area (Å²) in [4.78, 5) is 0. The zero-order valence-corrected chi connectivity index (χ0v) is 11.4. The van der Waals surface area contributed by atoms with Crippen molar-refractivity contribution in [3.63, 3.8) is 0 Å². The molecular weight excluding hydrogens is 228 g/mol. The highest BCUT2D eigenvalue weighted by atomic mass is 35.5. The molecule has 1 aromatic rings. The largest absolute Gasteiger partial charge is 0.126 e.